The summed E-state index contributed by atoms with van der Waals surface area (Å²) in [7, 11) is 1.60. The van der Waals surface area contributed by atoms with Gasteiger partial charge in [-0.2, -0.15) is 10.1 Å². The number of nitrogens with zero attached hydrogens (tertiary/aromatic N) is 3. The Morgan fingerprint density at radius 2 is 1.81 bits per heavy atom. The summed E-state index contributed by atoms with van der Waals surface area (Å²) in [5.74, 6) is 2.07. The largest absolute Gasteiger partial charge is 0.495 e. The lowest BCUT2D eigenvalue weighted by Gasteiger charge is -2.12. The molecule has 7 heteroatoms. The van der Waals surface area contributed by atoms with Crippen LogP contribution in [0.3, 0.4) is 0 Å². The Hall–Kier alpha value is -2.86. The molecule has 0 radical (unpaired) electrons. The molecule has 0 saturated heterocycles. The molecule has 3 rings (SSSR count). The van der Waals surface area contributed by atoms with Crippen molar-refractivity contribution in [2.75, 3.05) is 17.7 Å². The van der Waals surface area contributed by atoms with Crippen LogP contribution in [-0.4, -0.2) is 22.3 Å². The smallest absolute Gasteiger partial charge is 0.249 e. The number of halogens is 1. The second kappa shape index (κ2) is 8.01. The van der Waals surface area contributed by atoms with Crippen LogP contribution in [0.4, 0.5) is 23.1 Å². The number of anilines is 4. The van der Waals surface area contributed by atoms with Crippen molar-refractivity contribution in [1.82, 2.24) is 15.2 Å². The predicted octanol–water partition coefficient (Wildman–Crippen LogP) is 5.14. The molecule has 0 aliphatic heterocycles. The van der Waals surface area contributed by atoms with Gasteiger partial charge in [0.15, 0.2) is 5.82 Å². The Morgan fingerprint density at radius 3 is 2.50 bits per heavy atom. The average molecular weight is 370 g/mol. The lowest BCUT2D eigenvalue weighted by Crippen LogP contribution is -2.03. The van der Waals surface area contributed by atoms with Crippen molar-refractivity contribution in [1.29, 1.82) is 0 Å². The molecule has 1 heterocycles. The molecule has 0 atom stereocenters. The van der Waals surface area contributed by atoms with E-state index in [2.05, 4.69) is 51.8 Å². The maximum absolute atomic E-state index is 6.06. The van der Waals surface area contributed by atoms with Gasteiger partial charge in [-0.05, 0) is 41.8 Å². The molecule has 0 bridgehead atoms. The zero-order valence-electron chi connectivity index (χ0n) is 14.8. The molecule has 134 valence electrons. The third-order valence-corrected chi connectivity index (χ3v) is 4.05. The molecule has 26 heavy (non-hydrogen) atoms. The standard InChI is InChI=1S/C19H20ClN5O/c1-12(2)13-4-7-15(8-5-13)22-19-24-18(11-21-25-19)23-16-10-14(20)6-9-17(16)26-3/h4-12H,1-3H3,(H2,22,23,24,25). The minimum atomic E-state index is 0.397. The maximum atomic E-state index is 6.06. The van der Waals surface area contributed by atoms with Gasteiger partial charge < -0.3 is 15.4 Å². The molecular formula is C19H20ClN5O. The van der Waals surface area contributed by atoms with E-state index in [1.165, 1.54) is 11.8 Å². The van der Waals surface area contributed by atoms with Crippen LogP contribution in [0.25, 0.3) is 0 Å². The van der Waals surface area contributed by atoms with Crippen LogP contribution < -0.4 is 15.4 Å². The van der Waals surface area contributed by atoms with Crippen molar-refractivity contribution in [2.24, 2.45) is 0 Å². The van der Waals surface area contributed by atoms with Crippen LogP contribution in [0.2, 0.25) is 5.02 Å². The SMILES string of the molecule is COc1ccc(Cl)cc1Nc1cnnc(Nc2ccc(C(C)C)cc2)n1. The number of aromatic nitrogens is 3. The van der Waals surface area contributed by atoms with Crippen LogP contribution in [0.15, 0.2) is 48.7 Å². The Bertz CT molecular complexity index is 883. The van der Waals surface area contributed by atoms with Gasteiger partial charge in [0.2, 0.25) is 5.95 Å². The third-order valence-electron chi connectivity index (χ3n) is 3.82. The van der Waals surface area contributed by atoms with E-state index >= 15 is 0 Å². The fourth-order valence-corrected chi connectivity index (χ4v) is 2.59. The van der Waals surface area contributed by atoms with Gasteiger partial charge in [-0.1, -0.05) is 37.6 Å². The van der Waals surface area contributed by atoms with E-state index in [1.807, 2.05) is 12.1 Å². The van der Waals surface area contributed by atoms with Crippen LogP contribution in [-0.2, 0) is 0 Å². The van der Waals surface area contributed by atoms with E-state index < -0.39 is 0 Å². The molecule has 6 nitrogen and oxygen atoms in total. The van der Waals surface area contributed by atoms with Gasteiger partial charge in [-0.15, -0.1) is 5.10 Å². The monoisotopic (exact) mass is 369 g/mol. The quantitative estimate of drug-likeness (QED) is 0.626. The lowest BCUT2D eigenvalue weighted by molar-refractivity contribution is 0.417. The van der Waals surface area contributed by atoms with Crippen molar-refractivity contribution >= 4 is 34.7 Å². The summed E-state index contributed by atoms with van der Waals surface area (Å²) in [5.41, 5.74) is 2.87. The Morgan fingerprint density at radius 1 is 1.04 bits per heavy atom. The van der Waals surface area contributed by atoms with Crippen LogP contribution in [0, 0.1) is 0 Å². The Labute approximate surface area is 157 Å². The zero-order valence-corrected chi connectivity index (χ0v) is 15.6. The molecule has 0 spiro atoms. The number of ether oxygens (including phenoxy) is 1. The number of hydrogen-bond donors (Lipinski definition) is 2. The Balaban J connectivity index is 1.77. The fraction of sp³-hybridized carbons (Fsp3) is 0.211. The molecule has 3 aromatic rings. The number of benzene rings is 2. The second-order valence-electron chi connectivity index (χ2n) is 6.04. The van der Waals surface area contributed by atoms with Crippen molar-refractivity contribution in [3.8, 4) is 5.75 Å². The highest BCUT2D eigenvalue weighted by atomic mass is 35.5. The normalized spacial score (nSPS) is 10.7. The highest BCUT2D eigenvalue weighted by Crippen LogP contribution is 2.30. The first-order valence-corrected chi connectivity index (χ1v) is 8.60. The zero-order chi connectivity index (χ0) is 18.5. The van der Waals surface area contributed by atoms with E-state index in [-0.39, 0.29) is 0 Å². The van der Waals surface area contributed by atoms with Gasteiger partial charge in [0.05, 0.1) is 19.0 Å². The number of rotatable bonds is 6. The number of hydrogen-bond acceptors (Lipinski definition) is 6. The van der Waals surface area contributed by atoms with E-state index in [1.54, 1.807) is 25.3 Å². The summed E-state index contributed by atoms with van der Waals surface area (Å²) >= 11 is 6.06. The average Bonchev–Trinajstić information content (AvgIpc) is 2.63. The highest BCUT2D eigenvalue weighted by Gasteiger charge is 2.07. The van der Waals surface area contributed by atoms with Crippen LogP contribution in [0.1, 0.15) is 25.3 Å². The van der Waals surface area contributed by atoms with Crippen molar-refractivity contribution < 1.29 is 4.74 Å². The molecule has 0 fully saturated rings. The molecule has 2 aromatic carbocycles. The predicted molar refractivity (Wildman–Crippen MR) is 105 cm³/mol. The Kier molecular flexibility index (Phi) is 5.53. The van der Waals surface area contributed by atoms with E-state index in [4.69, 9.17) is 16.3 Å². The van der Waals surface area contributed by atoms with Crippen molar-refractivity contribution in [3.63, 3.8) is 0 Å². The molecule has 2 N–H and O–H groups in total. The summed E-state index contributed by atoms with van der Waals surface area (Å²) in [6, 6.07) is 13.5. The summed E-state index contributed by atoms with van der Waals surface area (Å²) in [6.07, 6.45) is 1.54. The maximum Gasteiger partial charge on any atom is 0.249 e. The molecule has 1 aromatic heterocycles. The topological polar surface area (TPSA) is 72.0 Å². The fourth-order valence-electron chi connectivity index (χ4n) is 2.41. The molecular weight excluding hydrogens is 350 g/mol. The molecule has 0 aliphatic carbocycles. The molecule has 0 unspecified atom stereocenters. The molecule has 0 saturated carbocycles. The summed E-state index contributed by atoms with van der Waals surface area (Å²) < 4.78 is 5.33. The first kappa shape index (κ1) is 17.9. The van der Waals surface area contributed by atoms with Gasteiger partial charge in [-0.3, -0.25) is 0 Å². The van der Waals surface area contributed by atoms with Gasteiger partial charge in [-0.25, -0.2) is 0 Å². The number of nitrogens with one attached hydrogen (secondary N) is 2. The van der Waals surface area contributed by atoms with Gasteiger partial charge in [0, 0.05) is 10.7 Å². The molecule has 0 aliphatic rings. The van der Waals surface area contributed by atoms with Gasteiger partial charge in [0.1, 0.15) is 5.75 Å². The van der Waals surface area contributed by atoms with E-state index in [9.17, 15) is 0 Å². The minimum Gasteiger partial charge on any atom is -0.495 e. The molecule has 0 amide bonds. The lowest BCUT2D eigenvalue weighted by atomic mass is 10.0. The van der Waals surface area contributed by atoms with E-state index in [0.717, 1.165) is 5.69 Å². The minimum absolute atomic E-state index is 0.397. The first-order chi connectivity index (χ1) is 12.5. The van der Waals surface area contributed by atoms with Crippen molar-refractivity contribution in [3.05, 3.63) is 59.2 Å². The van der Waals surface area contributed by atoms with Gasteiger partial charge >= 0.3 is 0 Å². The summed E-state index contributed by atoms with van der Waals surface area (Å²) in [5, 5.41) is 14.9. The van der Waals surface area contributed by atoms with Gasteiger partial charge in [0.25, 0.3) is 0 Å². The first-order valence-electron chi connectivity index (χ1n) is 8.22. The highest BCUT2D eigenvalue weighted by molar-refractivity contribution is 6.31. The summed E-state index contributed by atoms with van der Waals surface area (Å²) in [6.45, 7) is 4.32. The third kappa shape index (κ3) is 4.40. The number of methoxy groups -OCH3 is 1. The summed E-state index contributed by atoms with van der Waals surface area (Å²) in [4.78, 5) is 4.43. The van der Waals surface area contributed by atoms with Crippen LogP contribution >= 0.6 is 11.6 Å². The van der Waals surface area contributed by atoms with E-state index in [0.29, 0.717) is 34.1 Å². The second-order valence-corrected chi connectivity index (χ2v) is 6.47. The van der Waals surface area contributed by atoms with Crippen LogP contribution in [0.5, 0.6) is 5.75 Å². The van der Waals surface area contributed by atoms with Crippen molar-refractivity contribution in [2.45, 2.75) is 19.8 Å².